The Morgan fingerprint density at radius 1 is 1.29 bits per heavy atom. The Hall–Kier alpha value is -2.62. The molecule has 1 aromatic heterocycles. The SMILES string of the molecule is Cc1nc(N=Nc2cccc(S(=O)(=O)NN3CCOCC3)c2)c(COP(=O)(O)O)c(C=O)c1O. The quantitative estimate of drug-likeness (QED) is 0.214. The number of azo groups is 1. The number of carbonyl (C=O) groups is 1. The third-order valence-electron chi connectivity index (χ3n) is 4.61. The van der Waals surface area contributed by atoms with Crippen LogP contribution in [0.5, 0.6) is 5.75 Å². The minimum absolute atomic E-state index is 0.0158. The van der Waals surface area contributed by atoms with Gasteiger partial charge in [0.05, 0.1) is 41.7 Å². The molecule has 0 saturated carbocycles. The molecule has 3 rings (SSSR count). The van der Waals surface area contributed by atoms with E-state index in [0.29, 0.717) is 26.3 Å². The van der Waals surface area contributed by atoms with Crippen molar-refractivity contribution in [3.63, 3.8) is 0 Å². The van der Waals surface area contributed by atoms with Gasteiger partial charge in [-0.2, -0.15) is 0 Å². The van der Waals surface area contributed by atoms with Crippen molar-refractivity contribution in [1.82, 2.24) is 14.8 Å². The molecule has 0 unspecified atom stereocenters. The van der Waals surface area contributed by atoms with Crippen LogP contribution in [0.1, 0.15) is 21.6 Å². The van der Waals surface area contributed by atoms with Gasteiger partial charge in [0.1, 0.15) is 5.75 Å². The Kier molecular flexibility index (Phi) is 8.22. The minimum Gasteiger partial charge on any atom is -0.505 e. The van der Waals surface area contributed by atoms with Crippen molar-refractivity contribution in [1.29, 1.82) is 0 Å². The second-order valence-corrected chi connectivity index (χ2v) is 9.94. The standard InChI is InChI=1S/C18H22N5O9PS/c1-12-17(25)15(10-24)16(11-32-33(26,27)28)18(19-12)21-20-13-3-2-4-14(9-13)34(29,30)22-23-5-7-31-8-6-23/h2-4,9-10,22,25H,5-8,11H2,1H3,(H2,26,27,28). The van der Waals surface area contributed by atoms with Gasteiger partial charge in [-0.1, -0.05) is 6.07 Å². The number of nitrogens with zero attached hydrogens (tertiary/aromatic N) is 4. The number of hydrogen-bond acceptors (Lipinski definition) is 11. The van der Waals surface area contributed by atoms with E-state index >= 15 is 0 Å². The van der Waals surface area contributed by atoms with Crippen molar-refractivity contribution >= 4 is 35.6 Å². The number of morpholine rings is 1. The van der Waals surface area contributed by atoms with Crippen LogP contribution in [0.3, 0.4) is 0 Å². The van der Waals surface area contributed by atoms with Crippen molar-refractivity contribution < 1.29 is 41.9 Å². The monoisotopic (exact) mass is 515 g/mol. The Morgan fingerprint density at radius 2 is 2.00 bits per heavy atom. The number of carbonyl (C=O) groups excluding carboxylic acids is 1. The first-order valence-electron chi connectivity index (χ1n) is 9.75. The fourth-order valence-electron chi connectivity index (χ4n) is 2.93. The number of phosphoric acid groups is 1. The summed E-state index contributed by atoms with van der Waals surface area (Å²) < 4.78 is 46.1. The van der Waals surface area contributed by atoms with Crippen LogP contribution >= 0.6 is 7.82 Å². The molecule has 16 heteroatoms. The van der Waals surface area contributed by atoms with E-state index in [2.05, 4.69) is 24.6 Å². The number of aryl methyl sites for hydroxylation is 1. The zero-order valence-corrected chi connectivity index (χ0v) is 19.6. The lowest BCUT2D eigenvalue weighted by molar-refractivity contribution is 0.0272. The van der Waals surface area contributed by atoms with Crippen LogP contribution in [0, 0.1) is 6.92 Å². The number of sulfonamides is 1. The molecule has 0 atom stereocenters. The summed E-state index contributed by atoms with van der Waals surface area (Å²) in [6, 6.07) is 5.55. The highest BCUT2D eigenvalue weighted by Crippen LogP contribution is 2.40. The second kappa shape index (κ2) is 10.8. The van der Waals surface area contributed by atoms with Crippen molar-refractivity contribution in [2.75, 3.05) is 26.3 Å². The highest BCUT2D eigenvalue weighted by Gasteiger charge is 2.23. The first-order chi connectivity index (χ1) is 16.0. The van der Waals surface area contributed by atoms with E-state index in [1.807, 2.05) is 0 Å². The molecule has 0 spiro atoms. The van der Waals surface area contributed by atoms with E-state index in [1.165, 1.54) is 36.2 Å². The molecule has 0 aliphatic carbocycles. The number of hydrazine groups is 1. The minimum atomic E-state index is -4.91. The summed E-state index contributed by atoms with van der Waals surface area (Å²) in [6.45, 7) is 2.18. The molecule has 2 heterocycles. The van der Waals surface area contributed by atoms with Crippen molar-refractivity contribution in [3.05, 3.63) is 41.1 Å². The molecule has 1 aromatic carbocycles. The van der Waals surface area contributed by atoms with E-state index in [9.17, 15) is 22.9 Å². The van der Waals surface area contributed by atoms with Crippen LogP contribution in [0.15, 0.2) is 39.4 Å². The second-order valence-electron chi connectivity index (χ2n) is 7.04. The van der Waals surface area contributed by atoms with Crippen molar-refractivity contribution in [2.45, 2.75) is 18.4 Å². The smallest absolute Gasteiger partial charge is 0.469 e. The van der Waals surface area contributed by atoms with E-state index in [0.717, 1.165) is 0 Å². The van der Waals surface area contributed by atoms with Gasteiger partial charge < -0.3 is 19.6 Å². The number of ether oxygens (including phenoxy) is 1. The van der Waals surface area contributed by atoms with E-state index < -0.39 is 30.2 Å². The number of aldehydes is 1. The van der Waals surface area contributed by atoms with Crippen LogP contribution in [0.25, 0.3) is 0 Å². The Bertz CT molecular complexity index is 1240. The van der Waals surface area contributed by atoms with Gasteiger partial charge in [-0.3, -0.25) is 9.32 Å². The summed E-state index contributed by atoms with van der Waals surface area (Å²) in [5, 5.41) is 19.4. The first-order valence-corrected chi connectivity index (χ1v) is 12.8. The number of aromatic hydroxyl groups is 1. The molecule has 1 aliphatic heterocycles. The zero-order chi connectivity index (χ0) is 24.9. The molecule has 2 aromatic rings. The molecular formula is C18H22N5O9PS. The Morgan fingerprint density at radius 3 is 2.65 bits per heavy atom. The lowest BCUT2D eigenvalue weighted by atomic mass is 10.1. The predicted molar refractivity (Wildman–Crippen MR) is 116 cm³/mol. The lowest BCUT2D eigenvalue weighted by Gasteiger charge is -2.26. The van der Waals surface area contributed by atoms with Crippen LogP contribution in [0.2, 0.25) is 0 Å². The molecule has 1 aliphatic rings. The van der Waals surface area contributed by atoms with Gasteiger partial charge in [-0.05, 0) is 25.1 Å². The molecule has 1 fully saturated rings. The normalized spacial score (nSPS) is 15.6. The highest BCUT2D eigenvalue weighted by molar-refractivity contribution is 7.89. The maximum atomic E-state index is 12.7. The molecule has 0 amide bonds. The van der Waals surface area contributed by atoms with Crippen molar-refractivity contribution in [2.24, 2.45) is 10.2 Å². The molecule has 14 nitrogen and oxygen atoms in total. The van der Waals surface area contributed by atoms with Crippen LogP contribution in [-0.2, 0) is 30.5 Å². The topological polar surface area (TPSA) is 200 Å². The number of pyridine rings is 1. The van der Waals surface area contributed by atoms with Gasteiger partial charge in [-0.15, -0.1) is 15.1 Å². The third-order valence-corrected chi connectivity index (χ3v) is 6.45. The number of benzene rings is 1. The fourth-order valence-corrected chi connectivity index (χ4v) is 4.39. The number of nitrogens with one attached hydrogen (secondary N) is 1. The van der Waals surface area contributed by atoms with E-state index in [4.69, 9.17) is 14.5 Å². The van der Waals surface area contributed by atoms with Gasteiger partial charge >= 0.3 is 7.82 Å². The van der Waals surface area contributed by atoms with Crippen LogP contribution < -0.4 is 4.83 Å². The average molecular weight is 515 g/mol. The molecule has 4 N–H and O–H groups in total. The van der Waals surface area contributed by atoms with Gasteiger partial charge in [0, 0.05) is 18.7 Å². The molecule has 184 valence electrons. The maximum absolute atomic E-state index is 12.7. The van der Waals surface area contributed by atoms with Crippen LogP contribution in [-0.4, -0.2) is 65.9 Å². The first kappa shape index (κ1) is 26.0. The van der Waals surface area contributed by atoms with Crippen LogP contribution in [0.4, 0.5) is 11.5 Å². The summed E-state index contributed by atoms with van der Waals surface area (Å²) >= 11 is 0. The molecule has 34 heavy (non-hydrogen) atoms. The Labute approximate surface area is 194 Å². The highest BCUT2D eigenvalue weighted by atomic mass is 32.2. The molecule has 1 saturated heterocycles. The van der Waals surface area contributed by atoms with E-state index in [-0.39, 0.29) is 39.5 Å². The third kappa shape index (κ3) is 6.71. The summed E-state index contributed by atoms with van der Waals surface area (Å²) in [7, 11) is -8.81. The lowest BCUT2D eigenvalue weighted by Crippen LogP contribution is -2.48. The number of phosphoric ester groups is 1. The molecular weight excluding hydrogens is 493 g/mol. The van der Waals surface area contributed by atoms with E-state index in [1.54, 1.807) is 0 Å². The summed E-state index contributed by atoms with van der Waals surface area (Å²) in [5.41, 5.74) is -0.391. The fraction of sp³-hybridized carbons (Fsp3) is 0.333. The average Bonchev–Trinajstić information content (AvgIpc) is 2.78. The van der Waals surface area contributed by atoms with Gasteiger partial charge in [-0.25, -0.2) is 23.0 Å². The number of aromatic nitrogens is 1. The van der Waals surface area contributed by atoms with Crippen molar-refractivity contribution in [3.8, 4) is 5.75 Å². The number of hydrogen-bond donors (Lipinski definition) is 4. The van der Waals surface area contributed by atoms with Gasteiger partial charge in [0.15, 0.2) is 12.1 Å². The summed E-state index contributed by atoms with van der Waals surface area (Å²) in [6.07, 6.45) is 0.270. The Balaban J connectivity index is 1.91. The predicted octanol–water partition coefficient (Wildman–Crippen LogP) is 1.46. The summed E-state index contributed by atoms with van der Waals surface area (Å²) in [4.78, 5) is 35.8. The van der Waals surface area contributed by atoms with Gasteiger partial charge in [0.25, 0.3) is 10.0 Å². The van der Waals surface area contributed by atoms with Gasteiger partial charge in [0.2, 0.25) is 0 Å². The largest absolute Gasteiger partial charge is 0.505 e. The zero-order valence-electron chi connectivity index (χ0n) is 17.9. The molecule has 0 radical (unpaired) electrons. The number of rotatable bonds is 9. The molecule has 0 bridgehead atoms. The summed E-state index contributed by atoms with van der Waals surface area (Å²) in [5.74, 6) is -0.744. The maximum Gasteiger partial charge on any atom is 0.469 e.